The number of carbonyl (C=O) groups excluding carboxylic acids is 2. The van der Waals surface area contributed by atoms with Crippen LogP contribution in [0.15, 0.2) is 65.3 Å². The predicted molar refractivity (Wildman–Crippen MR) is 101 cm³/mol. The van der Waals surface area contributed by atoms with E-state index < -0.39 is 29.0 Å². The first-order chi connectivity index (χ1) is 12.9. The van der Waals surface area contributed by atoms with Crippen LogP contribution < -0.4 is 10.6 Å². The number of hydrogen-bond donors (Lipinski definition) is 2. The first-order valence-corrected chi connectivity index (χ1v) is 8.51. The molecule has 136 valence electrons. The van der Waals surface area contributed by atoms with E-state index in [0.29, 0.717) is 5.82 Å². The Morgan fingerprint density at radius 1 is 0.926 bits per heavy atom. The zero-order valence-corrected chi connectivity index (χ0v) is 15.3. The third-order valence-corrected chi connectivity index (χ3v) is 4.02. The summed E-state index contributed by atoms with van der Waals surface area (Å²) in [4.78, 5) is 28.5. The normalized spacial score (nSPS) is 10.3. The van der Waals surface area contributed by atoms with Gasteiger partial charge in [-0.2, -0.15) is 0 Å². The van der Waals surface area contributed by atoms with E-state index >= 15 is 0 Å². The summed E-state index contributed by atoms with van der Waals surface area (Å²) in [6.07, 6.45) is 1.54. The van der Waals surface area contributed by atoms with Crippen molar-refractivity contribution in [2.45, 2.75) is 0 Å². The van der Waals surface area contributed by atoms with Crippen molar-refractivity contribution < 1.29 is 18.4 Å². The third kappa shape index (κ3) is 4.53. The van der Waals surface area contributed by atoms with Gasteiger partial charge in [-0.3, -0.25) is 9.59 Å². The average molecular weight is 432 g/mol. The number of benzene rings is 2. The Hall–Kier alpha value is -3.13. The van der Waals surface area contributed by atoms with Crippen molar-refractivity contribution in [1.82, 2.24) is 4.98 Å². The molecular formula is C19H12BrF2N3O2. The fourth-order valence-electron chi connectivity index (χ4n) is 2.25. The largest absolute Gasteiger partial charge is 0.322 e. The standard InChI is InChI=1S/C19H12BrF2N3O2/c20-12-7-8-16(23-10-12)25-18(26)11-3-1-4-13(9-11)24-19(27)14-5-2-6-15(21)17(14)22/h1-10H,(H,24,27)(H,23,25,26). The van der Waals surface area contributed by atoms with Gasteiger partial charge in [0.1, 0.15) is 5.82 Å². The van der Waals surface area contributed by atoms with Crippen molar-refractivity contribution in [2.75, 3.05) is 10.6 Å². The molecule has 3 aromatic rings. The third-order valence-electron chi connectivity index (χ3n) is 3.55. The molecule has 1 heterocycles. The Morgan fingerprint density at radius 3 is 2.44 bits per heavy atom. The van der Waals surface area contributed by atoms with Crippen LogP contribution >= 0.6 is 15.9 Å². The molecule has 0 fully saturated rings. The van der Waals surface area contributed by atoms with E-state index in [4.69, 9.17) is 0 Å². The number of pyridine rings is 1. The van der Waals surface area contributed by atoms with Crippen LogP contribution in [0, 0.1) is 11.6 Å². The van der Waals surface area contributed by atoms with E-state index in [-0.39, 0.29) is 11.3 Å². The lowest BCUT2D eigenvalue weighted by atomic mass is 10.1. The SMILES string of the molecule is O=C(Nc1ccc(Br)cn1)c1cccc(NC(=O)c2cccc(F)c2F)c1. The molecule has 0 unspecified atom stereocenters. The molecule has 8 heteroatoms. The number of amides is 2. The maximum atomic E-state index is 13.7. The number of carbonyl (C=O) groups is 2. The Labute approximate surface area is 161 Å². The average Bonchev–Trinajstić information content (AvgIpc) is 2.66. The molecule has 0 aliphatic heterocycles. The van der Waals surface area contributed by atoms with Gasteiger partial charge in [0.05, 0.1) is 5.56 Å². The first-order valence-electron chi connectivity index (χ1n) is 7.72. The van der Waals surface area contributed by atoms with Gasteiger partial charge < -0.3 is 10.6 Å². The number of anilines is 2. The zero-order valence-electron chi connectivity index (χ0n) is 13.7. The van der Waals surface area contributed by atoms with Crippen molar-refractivity contribution in [3.8, 4) is 0 Å². The van der Waals surface area contributed by atoms with E-state index in [1.807, 2.05) is 0 Å². The summed E-state index contributed by atoms with van der Waals surface area (Å²) in [6, 6.07) is 12.7. The maximum Gasteiger partial charge on any atom is 0.258 e. The first kappa shape index (κ1) is 18.7. The van der Waals surface area contributed by atoms with Crippen molar-refractivity contribution in [2.24, 2.45) is 0 Å². The van der Waals surface area contributed by atoms with Crippen molar-refractivity contribution in [1.29, 1.82) is 0 Å². The minimum Gasteiger partial charge on any atom is -0.322 e. The number of hydrogen-bond acceptors (Lipinski definition) is 3. The zero-order chi connectivity index (χ0) is 19.4. The summed E-state index contributed by atoms with van der Waals surface area (Å²) in [5.74, 6) is -3.24. The highest BCUT2D eigenvalue weighted by molar-refractivity contribution is 9.10. The second kappa shape index (κ2) is 8.05. The van der Waals surface area contributed by atoms with Gasteiger partial charge >= 0.3 is 0 Å². The molecule has 0 spiro atoms. The highest BCUT2D eigenvalue weighted by atomic mass is 79.9. The molecule has 0 aliphatic carbocycles. The van der Waals surface area contributed by atoms with Gasteiger partial charge in [0.25, 0.3) is 11.8 Å². The van der Waals surface area contributed by atoms with E-state index in [9.17, 15) is 18.4 Å². The molecule has 3 rings (SSSR count). The number of nitrogens with one attached hydrogen (secondary N) is 2. The van der Waals surface area contributed by atoms with Gasteiger partial charge in [0.15, 0.2) is 11.6 Å². The predicted octanol–water partition coefficient (Wildman–Crippen LogP) is 4.63. The monoisotopic (exact) mass is 431 g/mol. The molecule has 1 aromatic heterocycles. The highest BCUT2D eigenvalue weighted by Gasteiger charge is 2.16. The fraction of sp³-hybridized carbons (Fsp3) is 0. The number of halogens is 3. The van der Waals surface area contributed by atoms with Crippen LogP contribution in [0.5, 0.6) is 0 Å². The van der Waals surface area contributed by atoms with Crippen LogP contribution in [-0.2, 0) is 0 Å². The van der Waals surface area contributed by atoms with Crippen LogP contribution in [-0.4, -0.2) is 16.8 Å². The molecule has 5 nitrogen and oxygen atoms in total. The van der Waals surface area contributed by atoms with Crippen molar-refractivity contribution in [3.63, 3.8) is 0 Å². The molecule has 0 saturated heterocycles. The lowest BCUT2D eigenvalue weighted by Gasteiger charge is -2.09. The Bertz CT molecular complexity index is 1010. The van der Waals surface area contributed by atoms with Gasteiger partial charge in [0.2, 0.25) is 0 Å². The van der Waals surface area contributed by atoms with Crippen LogP contribution in [0.4, 0.5) is 20.3 Å². The Kier molecular flexibility index (Phi) is 5.56. The maximum absolute atomic E-state index is 13.7. The summed E-state index contributed by atoms with van der Waals surface area (Å²) < 4.78 is 27.8. The van der Waals surface area contributed by atoms with Crippen LogP contribution in [0.25, 0.3) is 0 Å². The summed E-state index contributed by atoms with van der Waals surface area (Å²) in [5, 5.41) is 5.07. The Balaban J connectivity index is 1.75. The molecule has 0 saturated carbocycles. The summed E-state index contributed by atoms with van der Waals surface area (Å²) in [5.41, 5.74) is 0.0984. The molecule has 2 aromatic carbocycles. The van der Waals surface area contributed by atoms with E-state index in [1.54, 1.807) is 30.5 Å². The smallest absolute Gasteiger partial charge is 0.258 e. The minimum absolute atomic E-state index is 0.261. The molecule has 0 bridgehead atoms. The second-order valence-electron chi connectivity index (χ2n) is 5.45. The van der Waals surface area contributed by atoms with Crippen LogP contribution in [0.2, 0.25) is 0 Å². The quantitative estimate of drug-likeness (QED) is 0.632. The van der Waals surface area contributed by atoms with Gasteiger partial charge in [-0.25, -0.2) is 13.8 Å². The van der Waals surface area contributed by atoms with Gasteiger partial charge in [0, 0.05) is 21.9 Å². The Morgan fingerprint density at radius 2 is 1.70 bits per heavy atom. The van der Waals surface area contributed by atoms with Gasteiger partial charge in [-0.1, -0.05) is 12.1 Å². The minimum atomic E-state index is -1.23. The number of rotatable bonds is 4. The van der Waals surface area contributed by atoms with Crippen molar-refractivity contribution in [3.05, 3.63) is 88.0 Å². The van der Waals surface area contributed by atoms with E-state index in [2.05, 4.69) is 31.5 Å². The number of aromatic nitrogens is 1. The highest BCUT2D eigenvalue weighted by Crippen LogP contribution is 2.17. The molecule has 0 radical (unpaired) electrons. The van der Waals surface area contributed by atoms with Crippen LogP contribution in [0.3, 0.4) is 0 Å². The lowest BCUT2D eigenvalue weighted by molar-refractivity contribution is 0.101. The molecule has 0 atom stereocenters. The van der Waals surface area contributed by atoms with E-state index in [1.165, 1.54) is 24.3 Å². The summed E-state index contributed by atoms with van der Waals surface area (Å²) in [6.45, 7) is 0. The summed E-state index contributed by atoms with van der Waals surface area (Å²) >= 11 is 3.25. The summed E-state index contributed by atoms with van der Waals surface area (Å²) in [7, 11) is 0. The number of nitrogens with zero attached hydrogens (tertiary/aromatic N) is 1. The lowest BCUT2D eigenvalue weighted by Crippen LogP contribution is -2.16. The molecular weight excluding hydrogens is 420 g/mol. The van der Waals surface area contributed by atoms with E-state index in [0.717, 1.165) is 10.5 Å². The van der Waals surface area contributed by atoms with Gasteiger partial charge in [-0.15, -0.1) is 0 Å². The fourth-order valence-corrected chi connectivity index (χ4v) is 2.49. The topological polar surface area (TPSA) is 71.1 Å². The molecule has 2 amide bonds. The second-order valence-corrected chi connectivity index (χ2v) is 6.37. The van der Waals surface area contributed by atoms with Crippen molar-refractivity contribution >= 4 is 39.2 Å². The molecule has 0 aliphatic rings. The van der Waals surface area contributed by atoms with Gasteiger partial charge in [-0.05, 0) is 58.4 Å². The van der Waals surface area contributed by atoms with Crippen LogP contribution in [0.1, 0.15) is 20.7 Å². The molecule has 2 N–H and O–H groups in total. The molecule has 27 heavy (non-hydrogen) atoms.